The smallest absolute Gasteiger partial charge is 0.434 e. The Morgan fingerprint density at radius 2 is 0.781 bits per heavy atom. The van der Waals surface area contributed by atoms with Gasteiger partial charge in [-0.25, -0.2) is 4.79 Å². The van der Waals surface area contributed by atoms with Crippen LogP contribution in [0.1, 0.15) is 155 Å². The molecule has 0 radical (unpaired) electrons. The molecule has 0 saturated carbocycles. The van der Waals surface area contributed by atoms with Gasteiger partial charge in [0.25, 0.3) is 0 Å². The van der Waals surface area contributed by atoms with E-state index < -0.39 is 6.16 Å². The van der Waals surface area contributed by atoms with Crippen LogP contribution in [0.5, 0.6) is 0 Å². The molecule has 0 rings (SSSR count). The van der Waals surface area contributed by atoms with Crippen LogP contribution >= 0.6 is 0 Å². The first kappa shape index (κ1) is 31.0. The van der Waals surface area contributed by atoms with Crippen molar-refractivity contribution in [2.75, 3.05) is 13.2 Å². The zero-order chi connectivity index (χ0) is 23.4. The average molecular weight is 453 g/mol. The lowest BCUT2D eigenvalue weighted by Crippen LogP contribution is -2.09. The molecule has 0 unspecified atom stereocenters. The van der Waals surface area contributed by atoms with E-state index in [-0.39, 0.29) is 0 Å². The van der Waals surface area contributed by atoms with Crippen molar-refractivity contribution in [3.05, 3.63) is 12.2 Å². The van der Waals surface area contributed by atoms with Crippen LogP contribution in [-0.4, -0.2) is 19.4 Å². The van der Waals surface area contributed by atoms with Crippen molar-refractivity contribution >= 4 is 6.16 Å². The van der Waals surface area contributed by atoms with Gasteiger partial charge in [0.1, 0.15) is 0 Å². The molecule has 0 atom stereocenters. The van der Waals surface area contributed by atoms with Crippen LogP contribution in [0.2, 0.25) is 0 Å². The normalized spacial score (nSPS) is 11.3. The maximum Gasteiger partial charge on any atom is 0.508 e. The van der Waals surface area contributed by atoms with E-state index in [0.717, 1.165) is 25.7 Å². The molecule has 32 heavy (non-hydrogen) atoms. The van der Waals surface area contributed by atoms with Gasteiger partial charge in [0.2, 0.25) is 0 Å². The van der Waals surface area contributed by atoms with E-state index in [1.54, 1.807) is 0 Å². The lowest BCUT2D eigenvalue weighted by molar-refractivity contribution is 0.0529. The second-order valence-electron chi connectivity index (χ2n) is 9.36. The Hall–Kier alpha value is -0.990. The van der Waals surface area contributed by atoms with Gasteiger partial charge in [-0.05, 0) is 38.5 Å². The number of rotatable bonds is 25. The molecule has 0 aromatic heterocycles. The van der Waals surface area contributed by atoms with Crippen LogP contribution in [0.15, 0.2) is 12.2 Å². The summed E-state index contributed by atoms with van der Waals surface area (Å²) in [7, 11) is 0. The van der Waals surface area contributed by atoms with Crippen LogP contribution in [0.3, 0.4) is 0 Å². The summed E-state index contributed by atoms with van der Waals surface area (Å²) in [5, 5.41) is 0. The molecule has 0 amide bonds. The quantitative estimate of drug-likeness (QED) is 0.0784. The van der Waals surface area contributed by atoms with E-state index in [1.807, 2.05) is 0 Å². The van der Waals surface area contributed by atoms with Gasteiger partial charge in [-0.15, -0.1) is 0 Å². The third-order valence-corrected chi connectivity index (χ3v) is 6.09. The third kappa shape index (κ3) is 27.0. The highest BCUT2D eigenvalue weighted by molar-refractivity contribution is 5.59. The summed E-state index contributed by atoms with van der Waals surface area (Å²) in [5.41, 5.74) is 0. The molecule has 0 aliphatic rings. The molecule has 0 aliphatic carbocycles. The minimum atomic E-state index is -0.491. The molecule has 3 nitrogen and oxygen atoms in total. The summed E-state index contributed by atoms with van der Waals surface area (Å²) in [6, 6.07) is 0. The van der Waals surface area contributed by atoms with Gasteiger partial charge in [0.05, 0.1) is 13.2 Å². The average Bonchev–Trinajstić information content (AvgIpc) is 2.80. The fourth-order valence-corrected chi connectivity index (χ4v) is 3.94. The first-order valence-corrected chi connectivity index (χ1v) is 14.3. The molecule has 0 bridgehead atoms. The molecule has 0 spiro atoms. The molecule has 0 heterocycles. The molecule has 0 fully saturated rings. The minimum absolute atomic E-state index is 0.491. The fourth-order valence-electron chi connectivity index (χ4n) is 3.94. The molecule has 0 aromatic rings. The molecule has 0 saturated heterocycles. The Balaban J connectivity index is 3.14. The second-order valence-corrected chi connectivity index (χ2v) is 9.36. The van der Waals surface area contributed by atoms with E-state index in [2.05, 4.69) is 26.0 Å². The molecular formula is C29H56O3. The Morgan fingerprint density at radius 3 is 1.19 bits per heavy atom. The highest BCUT2D eigenvalue weighted by Crippen LogP contribution is 2.12. The predicted molar refractivity (Wildman–Crippen MR) is 139 cm³/mol. The molecule has 0 N–H and O–H groups in total. The number of hydrogen-bond acceptors (Lipinski definition) is 3. The number of unbranched alkanes of at least 4 members (excludes halogenated alkanes) is 19. The summed E-state index contributed by atoms with van der Waals surface area (Å²) in [4.78, 5) is 11.4. The van der Waals surface area contributed by atoms with E-state index >= 15 is 0 Å². The van der Waals surface area contributed by atoms with Crippen molar-refractivity contribution < 1.29 is 14.3 Å². The largest absolute Gasteiger partial charge is 0.508 e. The Morgan fingerprint density at radius 1 is 0.469 bits per heavy atom. The number of hydrogen-bond donors (Lipinski definition) is 0. The first-order chi connectivity index (χ1) is 15.8. The number of allylic oxidation sites excluding steroid dienone is 2. The summed E-state index contributed by atoms with van der Waals surface area (Å²) in [5.74, 6) is 0. The van der Waals surface area contributed by atoms with Gasteiger partial charge >= 0.3 is 6.16 Å². The van der Waals surface area contributed by atoms with E-state index in [0.29, 0.717) is 13.2 Å². The van der Waals surface area contributed by atoms with Crippen molar-refractivity contribution in [3.8, 4) is 0 Å². The van der Waals surface area contributed by atoms with Gasteiger partial charge in [0, 0.05) is 0 Å². The molecule has 3 heteroatoms. The van der Waals surface area contributed by atoms with Crippen LogP contribution in [0.25, 0.3) is 0 Å². The van der Waals surface area contributed by atoms with Gasteiger partial charge in [0.15, 0.2) is 0 Å². The highest BCUT2D eigenvalue weighted by Gasteiger charge is 2.02. The molecule has 190 valence electrons. The molecule has 0 aromatic carbocycles. The fraction of sp³-hybridized carbons (Fsp3) is 0.897. The number of carbonyl (C=O) groups is 1. The summed E-state index contributed by atoms with van der Waals surface area (Å²) >= 11 is 0. The van der Waals surface area contributed by atoms with Gasteiger partial charge in [-0.3, -0.25) is 0 Å². The van der Waals surface area contributed by atoms with Crippen molar-refractivity contribution in [1.82, 2.24) is 0 Å². The lowest BCUT2D eigenvalue weighted by atomic mass is 10.1. The van der Waals surface area contributed by atoms with E-state index in [9.17, 15) is 4.79 Å². The SMILES string of the molecule is CCCCCCCC/C=C\CCCCCCCCCCCCOC(=O)OCCCCCC. The number of carbonyl (C=O) groups excluding carboxylic acids is 1. The number of ether oxygens (including phenoxy) is 2. The zero-order valence-corrected chi connectivity index (χ0v) is 21.9. The van der Waals surface area contributed by atoms with Crippen molar-refractivity contribution in [2.24, 2.45) is 0 Å². The van der Waals surface area contributed by atoms with Crippen molar-refractivity contribution in [3.63, 3.8) is 0 Å². The van der Waals surface area contributed by atoms with Gasteiger partial charge < -0.3 is 9.47 Å². The minimum Gasteiger partial charge on any atom is -0.434 e. The van der Waals surface area contributed by atoms with E-state index in [1.165, 1.54) is 116 Å². The summed E-state index contributed by atoms with van der Waals surface area (Å²) < 4.78 is 10.2. The molecular weight excluding hydrogens is 396 g/mol. The standard InChI is InChI=1S/C29H56O3/c1-3-5-7-9-10-11-12-13-14-15-16-17-18-19-20-21-22-23-24-26-28-32-29(30)31-27-25-8-6-4-2/h13-14H,3-12,15-28H2,1-2H3/b14-13-. The van der Waals surface area contributed by atoms with Crippen LogP contribution < -0.4 is 0 Å². The van der Waals surface area contributed by atoms with Crippen LogP contribution in [0, 0.1) is 0 Å². The Kier molecular flexibility index (Phi) is 27.2. The highest BCUT2D eigenvalue weighted by atomic mass is 16.7. The third-order valence-electron chi connectivity index (χ3n) is 6.09. The monoisotopic (exact) mass is 452 g/mol. The second kappa shape index (κ2) is 28.0. The maximum atomic E-state index is 11.4. The Labute approximate surface area is 201 Å². The maximum absolute atomic E-state index is 11.4. The lowest BCUT2D eigenvalue weighted by Gasteiger charge is -2.06. The predicted octanol–water partition coefficient (Wildman–Crippen LogP) is 10.3. The van der Waals surface area contributed by atoms with Crippen LogP contribution in [-0.2, 0) is 9.47 Å². The summed E-state index contributed by atoms with van der Waals surface area (Å²) in [6.45, 7) is 5.45. The topological polar surface area (TPSA) is 35.5 Å². The first-order valence-electron chi connectivity index (χ1n) is 14.3. The van der Waals surface area contributed by atoms with Gasteiger partial charge in [-0.1, -0.05) is 129 Å². The van der Waals surface area contributed by atoms with E-state index in [4.69, 9.17) is 9.47 Å². The van der Waals surface area contributed by atoms with Gasteiger partial charge in [-0.2, -0.15) is 0 Å². The summed E-state index contributed by atoms with van der Waals surface area (Å²) in [6.07, 6.45) is 32.6. The zero-order valence-electron chi connectivity index (χ0n) is 21.9. The Bertz CT molecular complexity index is 392. The van der Waals surface area contributed by atoms with Crippen molar-refractivity contribution in [2.45, 2.75) is 155 Å². The molecule has 0 aliphatic heterocycles. The van der Waals surface area contributed by atoms with Crippen LogP contribution in [0.4, 0.5) is 4.79 Å². The van der Waals surface area contributed by atoms with Crippen molar-refractivity contribution in [1.29, 1.82) is 0 Å².